The molecule has 1 heterocycles. The maximum absolute atomic E-state index is 11.0. The lowest BCUT2D eigenvalue weighted by Crippen LogP contribution is -2.28. The second-order valence-electron chi connectivity index (χ2n) is 3.53. The number of carboxylic acids is 1. The number of carbonyl (C=O) groups is 1. The van der Waals surface area contributed by atoms with Crippen LogP contribution < -0.4 is 0 Å². The molecule has 78 valence electrons. The van der Waals surface area contributed by atoms with Crippen LogP contribution in [0.15, 0.2) is 6.33 Å². The van der Waals surface area contributed by atoms with Gasteiger partial charge >= 0.3 is 5.97 Å². The Hall–Kier alpha value is -1.36. The summed E-state index contributed by atoms with van der Waals surface area (Å²) in [6.07, 6.45) is 1.63. The van der Waals surface area contributed by atoms with E-state index in [0.29, 0.717) is 5.69 Å². The van der Waals surface area contributed by atoms with Crippen LogP contribution in [-0.4, -0.2) is 39.6 Å². The maximum Gasteiger partial charge on any atom is 0.327 e. The zero-order valence-corrected chi connectivity index (χ0v) is 8.85. The third-order valence-corrected chi connectivity index (χ3v) is 2.28. The summed E-state index contributed by atoms with van der Waals surface area (Å²) in [6.45, 7) is 1.86. The molecule has 0 spiro atoms. The summed E-state index contributed by atoms with van der Waals surface area (Å²) < 4.78 is 1.81. The van der Waals surface area contributed by atoms with Gasteiger partial charge in [-0.25, -0.2) is 4.98 Å². The number of likely N-dealkylation sites (N-methyl/N-ethyl adjacent to an activating group) is 1. The van der Waals surface area contributed by atoms with E-state index in [4.69, 9.17) is 5.11 Å². The van der Waals surface area contributed by atoms with Crippen LogP contribution in [0.1, 0.15) is 17.4 Å². The van der Waals surface area contributed by atoms with Crippen LogP contribution in [0.3, 0.4) is 0 Å². The number of aryl methyl sites for hydroxylation is 1. The lowest BCUT2D eigenvalue weighted by atomic mass is 10.1. The van der Waals surface area contributed by atoms with Crippen molar-refractivity contribution in [1.82, 2.24) is 14.5 Å². The van der Waals surface area contributed by atoms with Crippen molar-refractivity contribution in [2.24, 2.45) is 7.05 Å². The highest BCUT2D eigenvalue weighted by molar-refractivity contribution is 5.75. The molecular weight excluding hydrogens is 182 g/mol. The molecule has 0 fully saturated rings. The largest absolute Gasteiger partial charge is 0.480 e. The van der Waals surface area contributed by atoms with E-state index < -0.39 is 12.0 Å². The summed E-state index contributed by atoms with van der Waals surface area (Å²) in [5.74, 6) is -0.878. The number of hydrogen-bond acceptors (Lipinski definition) is 3. The van der Waals surface area contributed by atoms with Crippen LogP contribution in [0.4, 0.5) is 0 Å². The molecule has 5 heteroatoms. The van der Waals surface area contributed by atoms with Gasteiger partial charge in [-0.1, -0.05) is 0 Å². The third kappa shape index (κ3) is 1.77. The number of carboxylic acid groups (broad SMARTS) is 1. The van der Waals surface area contributed by atoms with Gasteiger partial charge in [0.15, 0.2) is 6.04 Å². The molecule has 0 saturated carbocycles. The average molecular weight is 197 g/mol. The van der Waals surface area contributed by atoms with E-state index in [-0.39, 0.29) is 0 Å². The van der Waals surface area contributed by atoms with E-state index >= 15 is 0 Å². The van der Waals surface area contributed by atoms with Crippen molar-refractivity contribution in [3.05, 3.63) is 17.7 Å². The Labute approximate surface area is 83.0 Å². The number of rotatable bonds is 3. The maximum atomic E-state index is 11.0. The van der Waals surface area contributed by atoms with Crippen LogP contribution in [0.25, 0.3) is 0 Å². The van der Waals surface area contributed by atoms with Crippen molar-refractivity contribution in [2.75, 3.05) is 14.1 Å². The molecule has 1 atom stereocenters. The SMILES string of the molecule is Cc1c(C(C(=O)O)N(C)C)ncn1C. The summed E-state index contributed by atoms with van der Waals surface area (Å²) in [6, 6.07) is -0.670. The molecule has 0 amide bonds. The molecule has 14 heavy (non-hydrogen) atoms. The van der Waals surface area contributed by atoms with Gasteiger partial charge in [0.05, 0.1) is 12.0 Å². The minimum Gasteiger partial charge on any atom is -0.480 e. The standard InChI is InChI=1S/C9H15N3O2/c1-6-7(10-5-12(6)4)8(9(13)14)11(2)3/h5,8H,1-4H3,(H,13,14). The Kier molecular flexibility index (Phi) is 2.90. The molecule has 1 rings (SSSR count). The van der Waals surface area contributed by atoms with Crippen molar-refractivity contribution < 1.29 is 9.90 Å². The topological polar surface area (TPSA) is 58.4 Å². The third-order valence-electron chi connectivity index (χ3n) is 2.28. The van der Waals surface area contributed by atoms with Crippen molar-refractivity contribution in [3.8, 4) is 0 Å². The molecule has 0 aliphatic carbocycles. The summed E-state index contributed by atoms with van der Waals surface area (Å²) in [5.41, 5.74) is 1.48. The molecule has 0 aromatic carbocycles. The summed E-state index contributed by atoms with van der Waals surface area (Å²) in [4.78, 5) is 16.7. The second kappa shape index (κ2) is 3.79. The van der Waals surface area contributed by atoms with E-state index in [1.807, 2.05) is 18.5 Å². The molecule has 0 saturated heterocycles. The van der Waals surface area contributed by atoms with Gasteiger partial charge in [-0.05, 0) is 21.0 Å². The van der Waals surface area contributed by atoms with Crippen molar-refractivity contribution >= 4 is 5.97 Å². The number of imidazole rings is 1. The van der Waals surface area contributed by atoms with E-state index in [2.05, 4.69) is 4.98 Å². The van der Waals surface area contributed by atoms with E-state index in [0.717, 1.165) is 5.69 Å². The predicted octanol–water partition coefficient (Wildman–Crippen LogP) is 0.416. The van der Waals surface area contributed by atoms with E-state index in [1.54, 1.807) is 25.3 Å². The highest BCUT2D eigenvalue weighted by Crippen LogP contribution is 2.19. The summed E-state index contributed by atoms with van der Waals surface area (Å²) >= 11 is 0. The lowest BCUT2D eigenvalue weighted by molar-refractivity contribution is -0.142. The van der Waals surface area contributed by atoms with Gasteiger partial charge in [-0.2, -0.15) is 0 Å². The number of nitrogens with zero attached hydrogens (tertiary/aromatic N) is 3. The molecule has 1 unspecified atom stereocenters. The Bertz CT molecular complexity index is 344. The minimum absolute atomic E-state index is 0.602. The number of aliphatic carboxylic acids is 1. The molecule has 1 N–H and O–H groups in total. The fourth-order valence-corrected chi connectivity index (χ4v) is 1.36. The highest BCUT2D eigenvalue weighted by Gasteiger charge is 2.26. The predicted molar refractivity (Wildman–Crippen MR) is 52.0 cm³/mol. The van der Waals surface area contributed by atoms with Crippen LogP contribution in [0.2, 0.25) is 0 Å². The molecule has 0 aliphatic rings. The van der Waals surface area contributed by atoms with Crippen LogP contribution >= 0.6 is 0 Å². The molecule has 1 aromatic rings. The summed E-state index contributed by atoms with van der Waals surface area (Å²) in [5, 5.41) is 9.04. The van der Waals surface area contributed by atoms with E-state index in [9.17, 15) is 4.79 Å². The van der Waals surface area contributed by atoms with Crippen LogP contribution in [-0.2, 0) is 11.8 Å². The molecule has 1 aromatic heterocycles. The Morgan fingerprint density at radius 1 is 1.64 bits per heavy atom. The molecule has 0 aliphatic heterocycles. The van der Waals surface area contributed by atoms with Gasteiger partial charge in [0.2, 0.25) is 0 Å². The van der Waals surface area contributed by atoms with Crippen molar-refractivity contribution in [2.45, 2.75) is 13.0 Å². The Balaban J connectivity index is 3.12. The van der Waals surface area contributed by atoms with Gasteiger partial charge < -0.3 is 9.67 Å². The molecular formula is C9H15N3O2. The number of hydrogen-bond donors (Lipinski definition) is 1. The zero-order valence-electron chi connectivity index (χ0n) is 8.85. The minimum atomic E-state index is -0.878. The first-order valence-electron chi connectivity index (χ1n) is 4.32. The first-order chi connectivity index (χ1) is 6.45. The zero-order chi connectivity index (χ0) is 10.9. The van der Waals surface area contributed by atoms with Crippen molar-refractivity contribution in [3.63, 3.8) is 0 Å². The fourth-order valence-electron chi connectivity index (χ4n) is 1.36. The normalized spacial score (nSPS) is 13.2. The summed E-state index contributed by atoms with van der Waals surface area (Å²) in [7, 11) is 5.31. The second-order valence-corrected chi connectivity index (χ2v) is 3.53. The fraction of sp³-hybridized carbons (Fsp3) is 0.556. The smallest absolute Gasteiger partial charge is 0.327 e. The van der Waals surface area contributed by atoms with Gasteiger partial charge in [0.25, 0.3) is 0 Å². The van der Waals surface area contributed by atoms with E-state index in [1.165, 1.54) is 0 Å². The lowest BCUT2D eigenvalue weighted by Gasteiger charge is -2.18. The van der Waals surface area contributed by atoms with Crippen LogP contribution in [0, 0.1) is 6.92 Å². The van der Waals surface area contributed by atoms with Crippen molar-refractivity contribution in [1.29, 1.82) is 0 Å². The number of aromatic nitrogens is 2. The Morgan fingerprint density at radius 2 is 2.21 bits per heavy atom. The van der Waals surface area contributed by atoms with Gasteiger partial charge in [0, 0.05) is 12.7 Å². The quantitative estimate of drug-likeness (QED) is 0.762. The van der Waals surface area contributed by atoms with Gasteiger partial charge in [-0.3, -0.25) is 9.69 Å². The Morgan fingerprint density at radius 3 is 2.50 bits per heavy atom. The van der Waals surface area contributed by atoms with Gasteiger partial charge in [-0.15, -0.1) is 0 Å². The molecule has 5 nitrogen and oxygen atoms in total. The van der Waals surface area contributed by atoms with Crippen LogP contribution in [0.5, 0.6) is 0 Å². The average Bonchev–Trinajstić information content (AvgIpc) is 2.35. The first kappa shape index (κ1) is 10.7. The first-order valence-corrected chi connectivity index (χ1v) is 4.32. The molecule has 0 bridgehead atoms. The highest BCUT2D eigenvalue weighted by atomic mass is 16.4. The monoisotopic (exact) mass is 197 g/mol. The van der Waals surface area contributed by atoms with Gasteiger partial charge in [0.1, 0.15) is 0 Å². The molecule has 0 radical (unpaired) electrons.